The van der Waals surface area contributed by atoms with Gasteiger partial charge in [-0.05, 0) is 31.7 Å². The molecule has 0 saturated carbocycles. The van der Waals surface area contributed by atoms with E-state index in [-0.39, 0.29) is 21.4 Å². The second kappa shape index (κ2) is 6.74. The van der Waals surface area contributed by atoms with E-state index in [1.807, 2.05) is 0 Å². The van der Waals surface area contributed by atoms with Gasteiger partial charge >= 0.3 is 0 Å². The monoisotopic (exact) mass is 332 g/mol. The van der Waals surface area contributed by atoms with Crippen LogP contribution in [0.5, 0.6) is 0 Å². The van der Waals surface area contributed by atoms with E-state index >= 15 is 0 Å². The summed E-state index contributed by atoms with van der Waals surface area (Å²) >= 11 is 5.88. The number of amides is 1. The standard InChI is InChI=1S/C13H17ClN2O4S/c1-15-21(18,19)12-6-10(2-3-11(12)14)13(17)16-7-9-4-5-20-8-9/h2-3,6,9,15H,4-5,7-8H2,1H3,(H,16,17). The smallest absolute Gasteiger partial charge is 0.251 e. The molecule has 1 amide bonds. The summed E-state index contributed by atoms with van der Waals surface area (Å²) in [4.78, 5) is 12.0. The SMILES string of the molecule is CNS(=O)(=O)c1cc(C(=O)NCC2CCOC2)ccc1Cl. The van der Waals surface area contributed by atoms with Gasteiger partial charge in [0.2, 0.25) is 10.0 Å². The Morgan fingerprint density at radius 3 is 2.86 bits per heavy atom. The summed E-state index contributed by atoms with van der Waals surface area (Å²) in [5, 5.41) is 2.85. The van der Waals surface area contributed by atoms with E-state index in [4.69, 9.17) is 16.3 Å². The molecular weight excluding hydrogens is 316 g/mol. The second-order valence-corrected chi connectivity index (χ2v) is 7.05. The molecule has 6 nitrogen and oxygen atoms in total. The van der Waals surface area contributed by atoms with Gasteiger partial charge < -0.3 is 10.1 Å². The van der Waals surface area contributed by atoms with E-state index in [1.165, 1.54) is 25.2 Å². The lowest BCUT2D eigenvalue weighted by atomic mass is 10.1. The zero-order valence-electron chi connectivity index (χ0n) is 11.6. The van der Waals surface area contributed by atoms with Gasteiger partial charge in [-0.2, -0.15) is 0 Å². The third-order valence-electron chi connectivity index (χ3n) is 3.33. The second-order valence-electron chi connectivity index (χ2n) is 4.79. The molecule has 1 aromatic rings. The van der Waals surface area contributed by atoms with Crippen LogP contribution in [-0.4, -0.2) is 41.1 Å². The van der Waals surface area contributed by atoms with Gasteiger partial charge in [-0.15, -0.1) is 0 Å². The lowest BCUT2D eigenvalue weighted by molar-refractivity contribution is 0.0945. The number of sulfonamides is 1. The first-order chi connectivity index (χ1) is 9.94. The molecule has 0 spiro atoms. The first kappa shape index (κ1) is 16.2. The average molecular weight is 333 g/mol. The molecule has 8 heteroatoms. The molecule has 0 aromatic heterocycles. The van der Waals surface area contributed by atoms with Gasteiger partial charge in [0.25, 0.3) is 5.91 Å². The zero-order valence-corrected chi connectivity index (χ0v) is 13.1. The van der Waals surface area contributed by atoms with Gasteiger partial charge in [0, 0.05) is 24.6 Å². The molecule has 2 N–H and O–H groups in total. The Balaban J connectivity index is 2.12. The molecule has 1 heterocycles. The molecule has 116 valence electrons. The zero-order chi connectivity index (χ0) is 15.5. The molecule has 0 bridgehead atoms. The summed E-state index contributed by atoms with van der Waals surface area (Å²) in [5.74, 6) is -0.0205. The predicted molar refractivity (Wildman–Crippen MR) is 79.0 cm³/mol. The maximum Gasteiger partial charge on any atom is 0.251 e. The molecule has 0 aliphatic carbocycles. The number of halogens is 1. The highest BCUT2D eigenvalue weighted by atomic mass is 35.5. The van der Waals surface area contributed by atoms with Crippen molar-refractivity contribution in [2.75, 3.05) is 26.8 Å². The van der Waals surface area contributed by atoms with Crippen molar-refractivity contribution in [2.24, 2.45) is 5.92 Å². The van der Waals surface area contributed by atoms with Crippen molar-refractivity contribution in [3.63, 3.8) is 0 Å². The number of benzene rings is 1. The Kier molecular flexibility index (Phi) is 5.21. The quantitative estimate of drug-likeness (QED) is 0.843. The van der Waals surface area contributed by atoms with Crippen LogP contribution in [0.4, 0.5) is 0 Å². The topological polar surface area (TPSA) is 84.5 Å². The summed E-state index contributed by atoms with van der Waals surface area (Å²) in [7, 11) is -2.41. The van der Waals surface area contributed by atoms with Crippen LogP contribution in [0.1, 0.15) is 16.8 Å². The first-order valence-corrected chi connectivity index (χ1v) is 8.39. The molecule has 1 saturated heterocycles. The average Bonchev–Trinajstić information content (AvgIpc) is 2.98. The number of rotatable bonds is 5. The number of carbonyl (C=O) groups excluding carboxylic acids is 1. The lowest BCUT2D eigenvalue weighted by Crippen LogP contribution is -2.29. The van der Waals surface area contributed by atoms with Crippen molar-refractivity contribution in [1.82, 2.24) is 10.0 Å². The summed E-state index contributed by atoms with van der Waals surface area (Å²) in [6, 6.07) is 4.17. The van der Waals surface area contributed by atoms with Crippen LogP contribution in [0.15, 0.2) is 23.1 Å². The molecule has 21 heavy (non-hydrogen) atoms. The highest BCUT2D eigenvalue weighted by Gasteiger charge is 2.20. The fourth-order valence-electron chi connectivity index (χ4n) is 2.04. The van der Waals surface area contributed by atoms with Crippen LogP contribution in [0.3, 0.4) is 0 Å². The van der Waals surface area contributed by atoms with E-state index in [0.717, 1.165) is 6.42 Å². The van der Waals surface area contributed by atoms with Crippen LogP contribution < -0.4 is 10.0 Å². The summed E-state index contributed by atoms with van der Waals surface area (Å²) < 4.78 is 31.1. The maximum atomic E-state index is 12.1. The van der Waals surface area contributed by atoms with Gasteiger partial charge in [0.05, 0.1) is 11.6 Å². The minimum atomic E-state index is -3.70. The molecule has 2 rings (SSSR count). The van der Waals surface area contributed by atoms with Crippen molar-refractivity contribution >= 4 is 27.5 Å². The Morgan fingerprint density at radius 1 is 1.48 bits per heavy atom. The third kappa shape index (κ3) is 3.94. The lowest BCUT2D eigenvalue weighted by Gasteiger charge is -2.11. The van der Waals surface area contributed by atoms with Crippen LogP contribution in [0.2, 0.25) is 5.02 Å². The molecule has 1 fully saturated rings. The Hall–Kier alpha value is -1.15. The largest absolute Gasteiger partial charge is 0.381 e. The fourth-order valence-corrected chi connectivity index (χ4v) is 3.29. The summed E-state index contributed by atoms with van der Waals surface area (Å²) in [6.07, 6.45) is 0.917. The van der Waals surface area contributed by atoms with Gasteiger partial charge in [-0.1, -0.05) is 11.6 Å². The van der Waals surface area contributed by atoms with E-state index in [1.54, 1.807) is 0 Å². The maximum absolute atomic E-state index is 12.1. The van der Waals surface area contributed by atoms with E-state index in [0.29, 0.717) is 25.7 Å². The Morgan fingerprint density at radius 2 is 2.24 bits per heavy atom. The minimum absolute atomic E-state index is 0.0742. The van der Waals surface area contributed by atoms with Gasteiger partial charge in [-0.3, -0.25) is 4.79 Å². The minimum Gasteiger partial charge on any atom is -0.381 e. The Labute approximate surface area is 128 Å². The Bertz CT molecular complexity index is 627. The molecule has 1 aliphatic heterocycles. The fraction of sp³-hybridized carbons (Fsp3) is 0.462. The van der Waals surface area contributed by atoms with E-state index in [2.05, 4.69) is 10.0 Å². The van der Waals surface area contributed by atoms with E-state index in [9.17, 15) is 13.2 Å². The molecular formula is C13H17ClN2O4S. The molecule has 1 atom stereocenters. The normalized spacial score (nSPS) is 18.7. The highest BCUT2D eigenvalue weighted by molar-refractivity contribution is 7.89. The van der Waals surface area contributed by atoms with Crippen molar-refractivity contribution in [3.8, 4) is 0 Å². The first-order valence-electron chi connectivity index (χ1n) is 6.53. The van der Waals surface area contributed by atoms with Gasteiger partial charge in [0.15, 0.2) is 0 Å². The number of ether oxygens (including phenoxy) is 1. The van der Waals surface area contributed by atoms with Crippen LogP contribution in [0.25, 0.3) is 0 Å². The highest BCUT2D eigenvalue weighted by Crippen LogP contribution is 2.22. The third-order valence-corrected chi connectivity index (χ3v) is 5.22. The van der Waals surface area contributed by atoms with Crippen LogP contribution >= 0.6 is 11.6 Å². The van der Waals surface area contributed by atoms with Crippen molar-refractivity contribution in [2.45, 2.75) is 11.3 Å². The molecule has 0 radical (unpaired) electrons. The van der Waals surface area contributed by atoms with Crippen molar-refractivity contribution in [1.29, 1.82) is 0 Å². The number of nitrogens with one attached hydrogen (secondary N) is 2. The van der Waals surface area contributed by atoms with E-state index < -0.39 is 10.0 Å². The number of carbonyl (C=O) groups is 1. The number of hydrogen-bond acceptors (Lipinski definition) is 4. The summed E-state index contributed by atoms with van der Waals surface area (Å²) in [5.41, 5.74) is 0.257. The predicted octanol–water partition coefficient (Wildman–Crippen LogP) is 1.01. The van der Waals surface area contributed by atoms with Crippen LogP contribution in [-0.2, 0) is 14.8 Å². The summed E-state index contributed by atoms with van der Waals surface area (Å²) in [6.45, 7) is 1.86. The van der Waals surface area contributed by atoms with Gasteiger partial charge in [-0.25, -0.2) is 13.1 Å². The van der Waals surface area contributed by atoms with Crippen molar-refractivity contribution < 1.29 is 17.9 Å². The molecule has 1 aliphatic rings. The van der Waals surface area contributed by atoms with Crippen molar-refractivity contribution in [3.05, 3.63) is 28.8 Å². The van der Waals surface area contributed by atoms with Crippen LogP contribution in [0, 0.1) is 5.92 Å². The molecule has 1 unspecified atom stereocenters. The molecule has 1 aromatic carbocycles. The van der Waals surface area contributed by atoms with Gasteiger partial charge in [0.1, 0.15) is 4.90 Å². The number of hydrogen-bond donors (Lipinski definition) is 2.